The van der Waals surface area contributed by atoms with E-state index >= 15 is 0 Å². The molecule has 0 saturated heterocycles. The molecule has 2 heterocycles. The summed E-state index contributed by atoms with van der Waals surface area (Å²) in [5.74, 6) is 0.747. The molecular weight excluding hydrogens is 142 g/mol. The first-order valence-corrected chi connectivity index (χ1v) is 3.26. The summed E-state index contributed by atoms with van der Waals surface area (Å²) in [4.78, 5) is 11.1. The quantitative estimate of drug-likeness (QED) is 0.666. The number of nitrogens with zero attached hydrogens (tertiary/aromatic N) is 2. The first-order valence-electron chi connectivity index (χ1n) is 3.26. The van der Waals surface area contributed by atoms with Crippen LogP contribution >= 0.6 is 0 Å². The minimum absolute atomic E-state index is 0.734. The van der Waals surface area contributed by atoms with Crippen molar-refractivity contribution in [2.24, 2.45) is 0 Å². The van der Waals surface area contributed by atoms with Crippen LogP contribution in [0, 0.1) is 6.92 Å². The number of hydrogen-bond donors (Lipinski definition) is 1. The van der Waals surface area contributed by atoms with E-state index in [1.807, 2.05) is 6.92 Å². The van der Waals surface area contributed by atoms with E-state index in [2.05, 4.69) is 15.0 Å². The van der Waals surface area contributed by atoms with Crippen molar-refractivity contribution in [2.75, 3.05) is 0 Å². The maximum atomic E-state index is 4.81. The Morgan fingerprint density at radius 1 is 1.45 bits per heavy atom. The largest absolute Gasteiger partial charge is 0.451 e. The Hall–Kier alpha value is -1.58. The fourth-order valence-corrected chi connectivity index (χ4v) is 0.872. The molecule has 0 saturated carbocycles. The summed E-state index contributed by atoms with van der Waals surface area (Å²) in [6, 6.07) is 0. The average Bonchev–Trinajstić information content (AvgIpc) is 2.55. The number of aromatic nitrogens is 3. The van der Waals surface area contributed by atoms with Crippen LogP contribution in [0.1, 0.15) is 5.69 Å². The van der Waals surface area contributed by atoms with Crippen LogP contribution in [0.25, 0.3) is 11.5 Å². The highest BCUT2D eigenvalue weighted by Crippen LogP contribution is 2.11. The van der Waals surface area contributed by atoms with Gasteiger partial charge in [-0.25, -0.2) is 9.97 Å². The number of imidazole rings is 1. The molecule has 0 spiro atoms. The molecule has 0 aromatic carbocycles. The van der Waals surface area contributed by atoms with Crippen molar-refractivity contribution in [2.45, 2.75) is 6.92 Å². The fourth-order valence-electron chi connectivity index (χ4n) is 0.872. The summed E-state index contributed by atoms with van der Waals surface area (Å²) in [5, 5.41) is 0. The molecule has 0 fully saturated rings. The molecule has 0 unspecified atom stereocenters. The minimum atomic E-state index is 0.734. The molecular formula is C7H7N3O. The lowest BCUT2D eigenvalue weighted by Crippen LogP contribution is -1.78. The molecule has 2 aromatic heterocycles. The zero-order valence-corrected chi connectivity index (χ0v) is 6.03. The molecule has 1 N–H and O–H groups in total. The van der Waals surface area contributed by atoms with E-state index in [0.29, 0.717) is 0 Å². The molecule has 0 aliphatic carbocycles. The van der Waals surface area contributed by atoms with Gasteiger partial charge in [-0.15, -0.1) is 0 Å². The predicted octanol–water partition coefficient (Wildman–Crippen LogP) is 1.37. The average molecular weight is 149 g/mol. The Balaban J connectivity index is 2.45. The van der Waals surface area contributed by atoms with Gasteiger partial charge in [-0.3, -0.25) is 0 Å². The summed E-state index contributed by atoms with van der Waals surface area (Å²) >= 11 is 0. The van der Waals surface area contributed by atoms with Crippen LogP contribution in [-0.2, 0) is 0 Å². The molecule has 0 aliphatic heterocycles. The number of nitrogens with one attached hydrogen (secondary N) is 1. The zero-order chi connectivity index (χ0) is 7.68. The Labute approximate surface area is 63.3 Å². The second-order valence-electron chi connectivity index (χ2n) is 2.29. The van der Waals surface area contributed by atoms with Gasteiger partial charge >= 0.3 is 0 Å². The minimum Gasteiger partial charge on any atom is -0.451 e. The third kappa shape index (κ3) is 1.02. The molecule has 0 amide bonds. The first-order chi connectivity index (χ1) is 5.36. The zero-order valence-electron chi connectivity index (χ0n) is 6.03. The van der Waals surface area contributed by atoms with Crippen molar-refractivity contribution in [3.63, 3.8) is 0 Å². The molecule has 4 heteroatoms. The first kappa shape index (κ1) is 6.15. The smallest absolute Gasteiger partial charge is 0.181 e. The molecule has 56 valence electrons. The maximum Gasteiger partial charge on any atom is 0.181 e. The van der Waals surface area contributed by atoms with Crippen LogP contribution in [0.5, 0.6) is 0 Å². The lowest BCUT2D eigenvalue weighted by molar-refractivity contribution is 0.558. The van der Waals surface area contributed by atoms with Crippen LogP contribution in [0.2, 0.25) is 0 Å². The van der Waals surface area contributed by atoms with Crippen molar-refractivity contribution in [3.05, 3.63) is 24.5 Å². The second-order valence-corrected chi connectivity index (χ2v) is 2.29. The van der Waals surface area contributed by atoms with Gasteiger partial charge in [-0.2, -0.15) is 0 Å². The Morgan fingerprint density at radius 3 is 2.91 bits per heavy atom. The third-order valence-corrected chi connectivity index (χ3v) is 1.38. The number of aryl methyl sites for hydroxylation is 1. The summed E-state index contributed by atoms with van der Waals surface area (Å²) in [7, 11) is 0. The van der Waals surface area contributed by atoms with Crippen LogP contribution in [-0.4, -0.2) is 15.0 Å². The topological polar surface area (TPSA) is 54.7 Å². The number of aromatic amines is 1. The van der Waals surface area contributed by atoms with Crippen molar-refractivity contribution in [1.29, 1.82) is 0 Å². The number of H-pyrrole nitrogens is 1. The summed E-state index contributed by atoms with van der Waals surface area (Å²) in [6.07, 6.45) is 4.69. The van der Waals surface area contributed by atoms with E-state index < -0.39 is 0 Å². The molecule has 2 aromatic rings. The van der Waals surface area contributed by atoms with E-state index in [1.54, 1.807) is 12.5 Å². The van der Waals surface area contributed by atoms with E-state index in [9.17, 15) is 0 Å². The van der Waals surface area contributed by atoms with E-state index in [1.165, 1.54) is 6.39 Å². The van der Waals surface area contributed by atoms with Crippen LogP contribution in [0.3, 0.4) is 0 Å². The van der Waals surface area contributed by atoms with Gasteiger partial charge < -0.3 is 9.40 Å². The van der Waals surface area contributed by atoms with Crippen molar-refractivity contribution < 1.29 is 4.42 Å². The summed E-state index contributed by atoms with van der Waals surface area (Å²) < 4.78 is 4.81. The normalized spacial score (nSPS) is 10.3. The molecule has 0 aliphatic rings. The SMILES string of the molecule is Cc1cnc(-c2cocn2)[nH]1. The third-order valence-electron chi connectivity index (χ3n) is 1.38. The standard InChI is InChI=1S/C7H7N3O/c1-5-2-8-7(10-5)6-3-11-4-9-6/h2-4H,1H3,(H,8,10). The van der Waals surface area contributed by atoms with Gasteiger partial charge in [0, 0.05) is 11.9 Å². The van der Waals surface area contributed by atoms with Crippen molar-refractivity contribution >= 4 is 0 Å². The molecule has 0 radical (unpaired) electrons. The maximum absolute atomic E-state index is 4.81. The molecule has 0 bridgehead atoms. The van der Waals surface area contributed by atoms with Crippen molar-refractivity contribution in [1.82, 2.24) is 15.0 Å². The van der Waals surface area contributed by atoms with Gasteiger partial charge in [0.05, 0.1) is 0 Å². The number of hydrogen-bond acceptors (Lipinski definition) is 3. The number of oxazole rings is 1. The second kappa shape index (κ2) is 2.23. The Kier molecular flexibility index (Phi) is 1.25. The molecule has 0 atom stereocenters. The van der Waals surface area contributed by atoms with Crippen LogP contribution < -0.4 is 0 Å². The van der Waals surface area contributed by atoms with Crippen LogP contribution in [0.15, 0.2) is 23.3 Å². The van der Waals surface area contributed by atoms with Gasteiger partial charge in [-0.1, -0.05) is 0 Å². The summed E-state index contributed by atoms with van der Waals surface area (Å²) in [5.41, 5.74) is 1.75. The van der Waals surface area contributed by atoms with Gasteiger partial charge in [0.15, 0.2) is 12.2 Å². The predicted molar refractivity (Wildman–Crippen MR) is 38.8 cm³/mol. The molecule has 4 nitrogen and oxygen atoms in total. The number of rotatable bonds is 1. The van der Waals surface area contributed by atoms with Gasteiger partial charge in [0.1, 0.15) is 12.0 Å². The van der Waals surface area contributed by atoms with Gasteiger partial charge in [0.25, 0.3) is 0 Å². The van der Waals surface area contributed by atoms with E-state index in [4.69, 9.17) is 4.42 Å². The lowest BCUT2D eigenvalue weighted by atomic mass is 10.5. The monoisotopic (exact) mass is 149 g/mol. The van der Waals surface area contributed by atoms with Gasteiger partial charge in [0.2, 0.25) is 0 Å². The highest BCUT2D eigenvalue weighted by molar-refractivity contribution is 5.46. The fraction of sp³-hybridized carbons (Fsp3) is 0.143. The Bertz CT molecular complexity index is 336. The highest BCUT2D eigenvalue weighted by atomic mass is 16.3. The molecule has 2 rings (SSSR count). The van der Waals surface area contributed by atoms with Crippen molar-refractivity contribution in [3.8, 4) is 11.5 Å². The van der Waals surface area contributed by atoms with Crippen LogP contribution in [0.4, 0.5) is 0 Å². The molecule has 11 heavy (non-hydrogen) atoms. The van der Waals surface area contributed by atoms with Gasteiger partial charge in [-0.05, 0) is 6.92 Å². The van der Waals surface area contributed by atoms with E-state index in [-0.39, 0.29) is 0 Å². The lowest BCUT2D eigenvalue weighted by Gasteiger charge is -1.84. The van der Waals surface area contributed by atoms with E-state index in [0.717, 1.165) is 17.2 Å². The highest BCUT2D eigenvalue weighted by Gasteiger charge is 2.02. The summed E-state index contributed by atoms with van der Waals surface area (Å²) in [6.45, 7) is 1.94. The Morgan fingerprint density at radius 2 is 2.36 bits per heavy atom.